The summed E-state index contributed by atoms with van der Waals surface area (Å²) in [5.41, 5.74) is 1.42. The number of aliphatic hydroxyl groups is 1. The number of carbonyl (C=O) groups is 3. The fourth-order valence-corrected chi connectivity index (χ4v) is 3.13. The largest absolute Gasteiger partial charge is 0.394 e. The molecule has 0 aliphatic carbocycles. The van der Waals surface area contributed by atoms with Crippen LogP contribution in [0.25, 0.3) is 0 Å². The number of ether oxygens (including phenoxy) is 1. The third kappa shape index (κ3) is 4.66. The van der Waals surface area contributed by atoms with Gasteiger partial charge in [-0.2, -0.15) is 0 Å². The molecule has 0 bridgehead atoms. The third-order valence-corrected chi connectivity index (χ3v) is 4.81. The molecule has 2 N–H and O–H groups in total. The van der Waals surface area contributed by atoms with Crippen LogP contribution < -0.4 is 5.32 Å². The Morgan fingerprint density at radius 3 is 2.57 bits per heavy atom. The molecular weight excluding hydrogens is 392 g/mol. The van der Waals surface area contributed by atoms with Crippen LogP contribution in [0.3, 0.4) is 0 Å². The fraction of sp³-hybridized carbons (Fsp3) is 0.400. The Labute approximate surface area is 173 Å². The van der Waals surface area contributed by atoms with E-state index in [0.29, 0.717) is 17.0 Å². The van der Waals surface area contributed by atoms with E-state index in [9.17, 15) is 19.5 Å². The lowest BCUT2D eigenvalue weighted by Gasteiger charge is -2.40. The second kappa shape index (κ2) is 9.06. The lowest BCUT2D eigenvalue weighted by Crippen LogP contribution is -2.55. The van der Waals surface area contributed by atoms with Gasteiger partial charge in [0.05, 0.1) is 12.6 Å². The molecule has 0 radical (unpaired) electrons. The zero-order valence-corrected chi connectivity index (χ0v) is 17.0. The van der Waals surface area contributed by atoms with Crippen molar-refractivity contribution in [3.05, 3.63) is 47.3 Å². The zero-order chi connectivity index (χ0) is 21.8. The molecule has 3 amide bonds. The van der Waals surface area contributed by atoms with Crippen LogP contribution in [0, 0.1) is 6.92 Å². The number of nitrogens with one attached hydrogen (secondary N) is 1. The maximum atomic E-state index is 12.3. The maximum Gasteiger partial charge on any atom is 0.277 e. The van der Waals surface area contributed by atoms with Crippen molar-refractivity contribution in [2.24, 2.45) is 0 Å². The first kappa shape index (κ1) is 21.5. The van der Waals surface area contributed by atoms with Crippen molar-refractivity contribution >= 4 is 23.4 Å². The predicted molar refractivity (Wildman–Crippen MR) is 106 cm³/mol. The van der Waals surface area contributed by atoms with Gasteiger partial charge in [0.15, 0.2) is 5.69 Å². The van der Waals surface area contributed by atoms with Crippen LogP contribution in [-0.4, -0.2) is 77.7 Å². The number of aromatic nitrogens is 1. The Bertz CT molecular complexity index is 924. The minimum absolute atomic E-state index is 0.137. The van der Waals surface area contributed by atoms with E-state index < -0.39 is 18.1 Å². The van der Waals surface area contributed by atoms with E-state index >= 15 is 0 Å². The molecule has 10 heteroatoms. The first-order valence-corrected chi connectivity index (χ1v) is 9.37. The molecule has 1 aromatic heterocycles. The lowest BCUT2D eigenvalue weighted by atomic mass is 9.99. The van der Waals surface area contributed by atoms with Crippen LogP contribution >= 0.6 is 0 Å². The quantitative estimate of drug-likeness (QED) is 0.706. The van der Waals surface area contributed by atoms with Crippen LogP contribution in [0.5, 0.6) is 0 Å². The highest BCUT2D eigenvalue weighted by Crippen LogP contribution is 2.30. The van der Waals surface area contributed by atoms with Crippen molar-refractivity contribution in [2.75, 3.05) is 39.2 Å². The highest BCUT2D eigenvalue weighted by molar-refractivity contribution is 6.02. The van der Waals surface area contributed by atoms with E-state index in [0.717, 1.165) is 0 Å². The standard InChI is InChI=1S/C20H24N4O6/c1-12-8-15(22-30-12)20(28)21-14-6-4-13(5-7-14)19-16(10-25)24(18(27)11-29-19)9-17(26)23(2)3/h4-8,16,19,25H,9-11H2,1-3H3,(H,21,28)/t16-,19-/m1/s1. The summed E-state index contributed by atoms with van der Waals surface area (Å²) in [5.74, 6) is -0.469. The lowest BCUT2D eigenvalue weighted by molar-refractivity contribution is -0.164. The summed E-state index contributed by atoms with van der Waals surface area (Å²) in [6, 6.07) is 7.67. The number of anilines is 1. The number of nitrogens with zero attached hydrogens (tertiary/aromatic N) is 3. The summed E-state index contributed by atoms with van der Waals surface area (Å²) >= 11 is 0. The Balaban J connectivity index is 1.73. The van der Waals surface area contributed by atoms with Gasteiger partial charge >= 0.3 is 0 Å². The van der Waals surface area contributed by atoms with E-state index in [1.807, 2.05) is 0 Å². The second-order valence-electron chi connectivity index (χ2n) is 7.19. The number of benzene rings is 1. The average Bonchev–Trinajstić information content (AvgIpc) is 3.16. The Morgan fingerprint density at radius 1 is 1.30 bits per heavy atom. The summed E-state index contributed by atoms with van der Waals surface area (Å²) < 4.78 is 10.6. The van der Waals surface area contributed by atoms with Gasteiger partial charge in [0, 0.05) is 25.8 Å². The Morgan fingerprint density at radius 2 is 2.00 bits per heavy atom. The zero-order valence-electron chi connectivity index (χ0n) is 17.0. The molecule has 30 heavy (non-hydrogen) atoms. The highest BCUT2D eigenvalue weighted by Gasteiger charge is 2.38. The number of likely N-dealkylation sites (N-methyl/N-ethyl adjacent to an activating group) is 1. The molecule has 2 heterocycles. The summed E-state index contributed by atoms with van der Waals surface area (Å²) in [7, 11) is 3.21. The van der Waals surface area contributed by atoms with E-state index in [-0.39, 0.29) is 37.3 Å². The number of rotatable bonds is 6. The maximum absolute atomic E-state index is 12.3. The van der Waals surface area contributed by atoms with Crippen LogP contribution in [0.4, 0.5) is 5.69 Å². The Kier molecular flexibility index (Phi) is 6.48. The van der Waals surface area contributed by atoms with Gasteiger partial charge in [-0.25, -0.2) is 0 Å². The molecule has 1 fully saturated rings. The van der Waals surface area contributed by atoms with Gasteiger partial charge in [0.2, 0.25) is 11.8 Å². The minimum atomic E-state index is -0.700. The SMILES string of the molecule is Cc1cc(C(=O)Nc2ccc([C@H]3OCC(=O)N(CC(=O)N(C)C)[C@@H]3CO)cc2)no1. The van der Waals surface area contributed by atoms with E-state index in [1.54, 1.807) is 45.3 Å². The van der Waals surface area contributed by atoms with Crippen LogP contribution in [0.1, 0.15) is 27.9 Å². The van der Waals surface area contributed by atoms with Crippen LogP contribution in [-0.2, 0) is 14.3 Å². The first-order valence-electron chi connectivity index (χ1n) is 9.37. The Hall–Kier alpha value is -3.24. The fourth-order valence-electron chi connectivity index (χ4n) is 3.13. The summed E-state index contributed by atoms with van der Waals surface area (Å²) in [6.07, 6.45) is -0.606. The smallest absolute Gasteiger partial charge is 0.277 e. The van der Waals surface area contributed by atoms with Gasteiger partial charge < -0.3 is 29.5 Å². The van der Waals surface area contributed by atoms with Crippen LogP contribution in [0.15, 0.2) is 34.9 Å². The molecule has 0 saturated carbocycles. The number of carbonyl (C=O) groups excluding carboxylic acids is 3. The van der Waals surface area contributed by atoms with Gasteiger partial charge in [-0.05, 0) is 24.6 Å². The molecular formula is C20H24N4O6. The van der Waals surface area contributed by atoms with Crippen molar-refractivity contribution in [3.63, 3.8) is 0 Å². The molecule has 1 aliphatic rings. The number of hydrogen-bond acceptors (Lipinski definition) is 7. The number of aryl methyl sites for hydroxylation is 1. The van der Waals surface area contributed by atoms with Gasteiger partial charge in [-0.1, -0.05) is 17.3 Å². The van der Waals surface area contributed by atoms with Gasteiger partial charge in [0.25, 0.3) is 5.91 Å². The third-order valence-electron chi connectivity index (χ3n) is 4.81. The minimum Gasteiger partial charge on any atom is -0.394 e. The van der Waals surface area contributed by atoms with Gasteiger partial charge in [-0.3, -0.25) is 14.4 Å². The van der Waals surface area contributed by atoms with E-state index in [2.05, 4.69) is 10.5 Å². The molecule has 0 unspecified atom stereocenters. The molecule has 3 rings (SSSR count). The van der Waals surface area contributed by atoms with Crippen molar-refractivity contribution in [1.82, 2.24) is 15.0 Å². The molecule has 10 nitrogen and oxygen atoms in total. The normalized spacial score (nSPS) is 18.9. The molecule has 1 aliphatic heterocycles. The van der Waals surface area contributed by atoms with Crippen molar-refractivity contribution in [3.8, 4) is 0 Å². The van der Waals surface area contributed by atoms with E-state index in [1.165, 1.54) is 15.9 Å². The topological polar surface area (TPSA) is 125 Å². The molecule has 1 saturated heterocycles. The first-order chi connectivity index (χ1) is 14.3. The molecule has 2 atom stereocenters. The van der Waals surface area contributed by atoms with Crippen molar-refractivity contribution < 1.29 is 28.8 Å². The van der Waals surface area contributed by atoms with Crippen molar-refractivity contribution in [1.29, 1.82) is 0 Å². The number of hydrogen-bond donors (Lipinski definition) is 2. The molecule has 0 spiro atoms. The van der Waals surface area contributed by atoms with Crippen LogP contribution in [0.2, 0.25) is 0 Å². The van der Waals surface area contributed by atoms with Crippen molar-refractivity contribution in [2.45, 2.75) is 19.1 Å². The number of amides is 3. The second-order valence-corrected chi connectivity index (χ2v) is 7.19. The monoisotopic (exact) mass is 416 g/mol. The predicted octanol–water partition coefficient (Wildman–Crippen LogP) is 0.584. The summed E-state index contributed by atoms with van der Waals surface area (Å²) in [5, 5.41) is 16.3. The molecule has 160 valence electrons. The molecule has 2 aromatic rings. The summed E-state index contributed by atoms with van der Waals surface area (Å²) in [4.78, 5) is 39.3. The molecule has 1 aromatic carbocycles. The number of aliphatic hydroxyl groups excluding tert-OH is 1. The van der Waals surface area contributed by atoms with Gasteiger partial charge in [-0.15, -0.1) is 0 Å². The van der Waals surface area contributed by atoms with E-state index in [4.69, 9.17) is 9.26 Å². The highest BCUT2D eigenvalue weighted by atomic mass is 16.5. The summed E-state index contributed by atoms with van der Waals surface area (Å²) in [6.45, 7) is 1.01. The average molecular weight is 416 g/mol. The van der Waals surface area contributed by atoms with Gasteiger partial charge in [0.1, 0.15) is 25.0 Å². The number of morpholine rings is 1.